The van der Waals surface area contributed by atoms with Gasteiger partial charge in [-0.1, -0.05) is 11.6 Å². The maximum Gasteiger partial charge on any atom is 0.244 e. The predicted octanol–water partition coefficient (Wildman–Crippen LogP) is 1.78. The lowest BCUT2D eigenvalue weighted by molar-refractivity contribution is 0.171. The average Bonchev–Trinajstić information content (AvgIpc) is 2.29. The minimum atomic E-state index is -3.56. The van der Waals surface area contributed by atoms with Crippen molar-refractivity contribution in [2.45, 2.75) is 24.8 Å². The lowest BCUT2D eigenvalue weighted by atomic mass is 10.4. The Morgan fingerprint density at radius 1 is 1.44 bits per heavy atom. The molecular formula is C11H17ClN2O3S. The first-order chi connectivity index (χ1) is 8.39. The van der Waals surface area contributed by atoms with Gasteiger partial charge in [0.2, 0.25) is 10.0 Å². The highest BCUT2D eigenvalue weighted by Gasteiger charge is 2.26. The highest BCUT2D eigenvalue weighted by molar-refractivity contribution is 7.89. The summed E-state index contributed by atoms with van der Waals surface area (Å²) in [6, 6.07) is 2.76. The molecule has 0 aromatic carbocycles. The van der Waals surface area contributed by atoms with Crippen molar-refractivity contribution in [3.8, 4) is 0 Å². The standard InChI is InChI=1S/C11H17ClN2O3S/c1-9(2)14(6-7-17-3)18(15,16)10-4-5-11(12)13-8-10/h4-5,8-9H,6-7H2,1-3H3. The Bertz CT molecular complexity index is 474. The first-order valence-electron chi connectivity index (χ1n) is 5.52. The number of halogens is 1. The molecule has 0 atom stereocenters. The van der Waals surface area contributed by atoms with E-state index in [0.29, 0.717) is 13.2 Å². The van der Waals surface area contributed by atoms with E-state index in [4.69, 9.17) is 16.3 Å². The zero-order valence-electron chi connectivity index (χ0n) is 10.6. The van der Waals surface area contributed by atoms with Crippen LogP contribution in [0.2, 0.25) is 5.15 Å². The molecular weight excluding hydrogens is 276 g/mol. The van der Waals surface area contributed by atoms with Crippen LogP contribution in [0, 0.1) is 0 Å². The molecule has 1 aromatic rings. The first kappa shape index (κ1) is 15.4. The molecule has 0 N–H and O–H groups in total. The van der Waals surface area contributed by atoms with E-state index < -0.39 is 10.0 Å². The number of ether oxygens (including phenoxy) is 1. The Morgan fingerprint density at radius 2 is 2.11 bits per heavy atom. The zero-order valence-corrected chi connectivity index (χ0v) is 12.2. The van der Waals surface area contributed by atoms with Crippen LogP contribution >= 0.6 is 11.6 Å². The number of aromatic nitrogens is 1. The molecule has 1 rings (SSSR count). The summed E-state index contributed by atoms with van der Waals surface area (Å²) in [6.45, 7) is 4.28. The number of pyridine rings is 1. The molecule has 1 aromatic heterocycles. The van der Waals surface area contributed by atoms with E-state index in [1.165, 1.54) is 29.7 Å². The summed E-state index contributed by atoms with van der Waals surface area (Å²) in [5, 5.41) is 0.266. The lowest BCUT2D eigenvalue weighted by Crippen LogP contribution is -2.39. The number of sulfonamides is 1. The lowest BCUT2D eigenvalue weighted by Gasteiger charge is -2.25. The van der Waals surface area contributed by atoms with Crippen molar-refractivity contribution in [3.63, 3.8) is 0 Å². The number of hydrogen-bond donors (Lipinski definition) is 0. The van der Waals surface area contributed by atoms with Crippen LogP contribution in [0.15, 0.2) is 23.2 Å². The Labute approximate surface area is 113 Å². The fourth-order valence-corrected chi connectivity index (χ4v) is 3.17. The van der Waals surface area contributed by atoms with Gasteiger partial charge in [0.05, 0.1) is 6.61 Å². The molecule has 0 amide bonds. The van der Waals surface area contributed by atoms with Crippen LogP contribution in [0.1, 0.15) is 13.8 Å². The van der Waals surface area contributed by atoms with Gasteiger partial charge in [0.1, 0.15) is 10.0 Å². The predicted molar refractivity (Wildman–Crippen MR) is 70.2 cm³/mol. The summed E-state index contributed by atoms with van der Waals surface area (Å²) < 4.78 is 31.1. The van der Waals surface area contributed by atoms with Gasteiger partial charge in [-0.15, -0.1) is 0 Å². The fourth-order valence-electron chi connectivity index (χ4n) is 1.49. The molecule has 0 saturated heterocycles. The quantitative estimate of drug-likeness (QED) is 0.750. The van der Waals surface area contributed by atoms with Crippen molar-refractivity contribution in [2.75, 3.05) is 20.3 Å². The minimum Gasteiger partial charge on any atom is -0.383 e. The molecule has 0 radical (unpaired) electrons. The molecule has 0 bridgehead atoms. The van der Waals surface area contributed by atoms with Crippen LogP contribution < -0.4 is 0 Å². The normalized spacial score (nSPS) is 12.3. The van der Waals surface area contributed by atoms with Gasteiger partial charge >= 0.3 is 0 Å². The van der Waals surface area contributed by atoms with E-state index in [-0.39, 0.29) is 16.1 Å². The topological polar surface area (TPSA) is 59.5 Å². The summed E-state index contributed by atoms with van der Waals surface area (Å²) in [7, 11) is -2.02. The first-order valence-corrected chi connectivity index (χ1v) is 7.33. The van der Waals surface area contributed by atoms with Crippen LogP contribution in [0.25, 0.3) is 0 Å². The molecule has 0 fully saturated rings. The number of nitrogens with zero attached hydrogens (tertiary/aromatic N) is 2. The van der Waals surface area contributed by atoms with E-state index in [2.05, 4.69) is 4.98 Å². The third-order valence-electron chi connectivity index (χ3n) is 2.40. The third-order valence-corrected chi connectivity index (χ3v) is 4.68. The summed E-state index contributed by atoms with van der Waals surface area (Å²) in [5.74, 6) is 0. The van der Waals surface area contributed by atoms with Crippen molar-refractivity contribution < 1.29 is 13.2 Å². The number of methoxy groups -OCH3 is 1. The van der Waals surface area contributed by atoms with Crippen LogP contribution in [-0.4, -0.2) is 44.0 Å². The van der Waals surface area contributed by atoms with Crippen molar-refractivity contribution >= 4 is 21.6 Å². The van der Waals surface area contributed by atoms with Gasteiger partial charge in [-0.2, -0.15) is 4.31 Å². The molecule has 0 aliphatic carbocycles. The zero-order chi connectivity index (χ0) is 13.8. The minimum absolute atomic E-state index is 0.136. The van der Waals surface area contributed by atoms with Gasteiger partial charge in [0.25, 0.3) is 0 Å². The van der Waals surface area contributed by atoms with E-state index in [9.17, 15) is 8.42 Å². The second-order valence-electron chi connectivity index (χ2n) is 4.02. The van der Waals surface area contributed by atoms with Gasteiger partial charge in [0, 0.05) is 25.9 Å². The second-order valence-corrected chi connectivity index (χ2v) is 6.30. The molecule has 18 heavy (non-hydrogen) atoms. The highest BCUT2D eigenvalue weighted by atomic mass is 35.5. The summed E-state index contributed by atoms with van der Waals surface area (Å²) in [6.07, 6.45) is 1.26. The van der Waals surface area contributed by atoms with E-state index in [1.807, 2.05) is 13.8 Å². The highest BCUT2D eigenvalue weighted by Crippen LogP contribution is 2.18. The van der Waals surface area contributed by atoms with Crippen LogP contribution in [0.3, 0.4) is 0 Å². The summed E-state index contributed by atoms with van der Waals surface area (Å²) in [4.78, 5) is 3.93. The molecule has 0 aliphatic rings. The summed E-state index contributed by atoms with van der Waals surface area (Å²) in [5.41, 5.74) is 0. The molecule has 102 valence electrons. The van der Waals surface area contributed by atoms with E-state index in [0.717, 1.165) is 0 Å². The molecule has 0 saturated carbocycles. The van der Waals surface area contributed by atoms with Gasteiger partial charge in [0.15, 0.2) is 0 Å². The number of hydrogen-bond acceptors (Lipinski definition) is 4. The maximum atomic E-state index is 12.4. The van der Waals surface area contributed by atoms with E-state index >= 15 is 0 Å². The van der Waals surface area contributed by atoms with Crippen molar-refractivity contribution in [1.29, 1.82) is 0 Å². The van der Waals surface area contributed by atoms with Gasteiger partial charge in [-0.05, 0) is 26.0 Å². The number of rotatable bonds is 6. The fraction of sp³-hybridized carbons (Fsp3) is 0.545. The van der Waals surface area contributed by atoms with Gasteiger partial charge in [-0.3, -0.25) is 0 Å². The Balaban J connectivity index is 3.05. The van der Waals surface area contributed by atoms with Crippen molar-refractivity contribution in [2.24, 2.45) is 0 Å². The summed E-state index contributed by atoms with van der Waals surface area (Å²) >= 11 is 5.65. The van der Waals surface area contributed by atoms with Crippen LogP contribution in [0.5, 0.6) is 0 Å². The Kier molecular flexibility index (Phi) is 5.52. The largest absolute Gasteiger partial charge is 0.383 e. The molecule has 7 heteroatoms. The van der Waals surface area contributed by atoms with Crippen LogP contribution in [-0.2, 0) is 14.8 Å². The average molecular weight is 293 g/mol. The Hall–Kier alpha value is -0.690. The molecule has 0 aliphatic heterocycles. The molecule has 1 heterocycles. The van der Waals surface area contributed by atoms with Gasteiger partial charge < -0.3 is 4.74 Å². The monoisotopic (exact) mass is 292 g/mol. The van der Waals surface area contributed by atoms with Crippen LogP contribution in [0.4, 0.5) is 0 Å². The van der Waals surface area contributed by atoms with E-state index in [1.54, 1.807) is 0 Å². The second kappa shape index (κ2) is 6.47. The van der Waals surface area contributed by atoms with Crippen molar-refractivity contribution in [1.82, 2.24) is 9.29 Å². The smallest absolute Gasteiger partial charge is 0.244 e. The van der Waals surface area contributed by atoms with Crippen molar-refractivity contribution in [3.05, 3.63) is 23.5 Å². The third kappa shape index (κ3) is 3.65. The molecule has 0 unspecified atom stereocenters. The molecule has 0 spiro atoms. The molecule has 5 nitrogen and oxygen atoms in total. The maximum absolute atomic E-state index is 12.4. The van der Waals surface area contributed by atoms with Gasteiger partial charge in [-0.25, -0.2) is 13.4 Å². The SMILES string of the molecule is COCCN(C(C)C)S(=O)(=O)c1ccc(Cl)nc1. The Morgan fingerprint density at radius 3 is 2.56 bits per heavy atom.